The lowest BCUT2D eigenvalue weighted by atomic mass is 9.88. The van der Waals surface area contributed by atoms with Gasteiger partial charge in [-0.15, -0.1) is 0 Å². The Morgan fingerprint density at radius 2 is 1.62 bits per heavy atom. The molecule has 13 nitrogen and oxygen atoms in total. The average Bonchev–Trinajstić information content (AvgIpc) is 3.33. The molecule has 2 heterocycles. The van der Waals surface area contributed by atoms with Crippen molar-refractivity contribution in [2.45, 2.75) is 55.5 Å². The van der Waals surface area contributed by atoms with Crippen LogP contribution < -0.4 is 9.64 Å². The number of phenolic OH excluding ortho intramolecular Hbond substituents is 3. The number of benzene rings is 3. The number of anilines is 1. The smallest absolute Gasteiger partial charge is 0.327 e. The fraction of sp³-hybridized carbons (Fsp3) is 0.312. The number of aliphatic carboxylic acids is 1. The van der Waals surface area contributed by atoms with Crippen LogP contribution in [-0.4, -0.2) is 96.1 Å². The number of hydrogen-bond donors (Lipinski definition) is 8. The van der Waals surface area contributed by atoms with E-state index in [1.54, 1.807) is 30.3 Å². The van der Waals surface area contributed by atoms with Crippen molar-refractivity contribution in [3.05, 3.63) is 83.4 Å². The zero-order chi connectivity index (χ0) is 32.4. The van der Waals surface area contributed by atoms with Crippen molar-refractivity contribution in [2.24, 2.45) is 0 Å². The summed E-state index contributed by atoms with van der Waals surface area (Å²) in [4.78, 5) is 27.4. The van der Waals surface area contributed by atoms with Crippen molar-refractivity contribution >= 4 is 23.6 Å². The van der Waals surface area contributed by atoms with Crippen molar-refractivity contribution < 1.29 is 59.9 Å². The maximum atomic E-state index is 13.7. The topological polar surface area (TPSA) is 218 Å². The number of phenols is 3. The van der Waals surface area contributed by atoms with Crippen molar-refractivity contribution in [2.75, 3.05) is 11.5 Å². The van der Waals surface area contributed by atoms with Crippen LogP contribution in [0.15, 0.2) is 66.7 Å². The summed E-state index contributed by atoms with van der Waals surface area (Å²) >= 11 is 0. The number of hydrogen-bond acceptors (Lipinski definition) is 11. The van der Waals surface area contributed by atoms with Gasteiger partial charge in [0.2, 0.25) is 6.29 Å². The van der Waals surface area contributed by atoms with Gasteiger partial charge in [-0.05, 0) is 59.9 Å². The Kier molecular flexibility index (Phi) is 9.27. The molecule has 0 aromatic heterocycles. The van der Waals surface area contributed by atoms with E-state index in [2.05, 4.69) is 0 Å². The van der Waals surface area contributed by atoms with E-state index in [1.165, 1.54) is 42.5 Å². The molecule has 1 saturated heterocycles. The van der Waals surface area contributed by atoms with E-state index >= 15 is 0 Å². The number of carboxylic acid groups (broad SMARTS) is 1. The summed E-state index contributed by atoms with van der Waals surface area (Å²) in [6, 6.07) is 13.6. The fourth-order valence-electron chi connectivity index (χ4n) is 5.68. The van der Waals surface area contributed by atoms with Gasteiger partial charge >= 0.3 is 5.97 Å². The molecule has 8 N–H and O–H groups in total. The van der Waals surface area contributed by atoms with Crippen LogP contribution in [0.1, 0.15) is 29.0 Å². The second-order valence-electron chi connectivity index (χ2n) is 10.9. The third kappa shape index (κ3) is 6.43. The molecule has 238 valence electrons. The van der Waals surface area contributed by atoms with E-state index in [0.717, 1.165) is 4.90 Å². The SMILES string of the molecule is O=C(O)[C@H]1[C@@H](CCc2ccccc2O)c2cc(O)c(O[C@H]3O[C@H](CO)[C@@H](O)[C@H](O)[C@H]3O)cc2N1C(=O)C=Cc1ccc(O)cc1. The number of para-hydroxylation sites is 1. The van der Waals surface area contributed by atoms with E-state index in [1.807, 2.05) is 0 Å². The average molecular weight is 624 g/mol. The second kappa shape index (κ2) is 13.1. The monoisotopic (exact) mass is 623 g/mol. The Morgan fingerprint density at radius 3 is 2.29 bits per heavy atom. The van der Waals surface area contributed by atoms with Gasteiger partial charge in [0.05, 0.1) is 12.3 Å². The molecule has 0 bridgehead atoms. The fourth-order valence-corrected chi connectivity index (χ4v) is 5.68. The Balaban J connectivity index is 1.53. The lowest BCUT2D eigenvalue weighted by Gasteiger charge is -2.39. The number of rotatable bonds is 9. The molecular weight excluding hydrogens is 590 g/mol. The van der Waals surface area contributed by atoms with Gasteiger partial charge in [0, 0.05) is 18.1 Å². The standard InChI is InChI=1S/C32H33NO12/c34-15-25-28(39)29(40)30(41)32(45-25)44-24-14-21-20(13-23(24)37)19(11-8-17-3-1-2-4-22(17)36)27(31(42)43)33(21)26(38)12-7-16-5-9-18(35)10-6-16/h1-7,9-10,12-14,19,25,27-30,32,34-37,39-41H,8,11,15H2,(H,42,43)/t19-,25+,27+,28+,29-,30+,32-/m0/s1. The Labute approximate surface area is 257 Å². The number of aromatic hydroxyl groups is 3. The van der Waals surface area contributed by atoms with Crippen LogP contribution in [0.25, 0.3) is 6.08 Å². The number of carbonyl (C=O) groups is 2. The third-order valence-electron chi connectivity index (χ3n) is 8.04. The number of aryl methyl sites for hydroxylation is 1. The van der Waals surface area contributed by atoms with Crippen molar-refractivity contribution in [1.29, 1.82) is 0 Å². The van der Waals surface area contributed by atoms with Crippen LogP contribution in [-0.2, 0) is 20.7 Å². The van der Waals surface area contributed by atoms with E-state index < -0.39 is 66.9 Å². The summed E-state index contributed by atoms with van der Waals surface area (Å²) in [6.45, 7) is -0.713. The number of aliphatic hydroxyl groups excluding tert-OH is 4. The first-order chi connectivity index (χ1) is 21.5. The first-order valence-electron chi connectivity index (χ1n) is 14.1. The van der Waals surface area contributed by atoms with Crippen LogP contribution in [0.5, 0.6) is 23.0 Å². The Morgan fingerprint density at radius 1 is 0.911 bits per heavy atom. The first kappa shape index (κ1) is 31.8. The molecule has 7 atom stereocenters. The van der Waals surface area contributed by atoms with Gasteiger partial charge in [0.1, 0.15) is 42.0 Å². The molecule has 0 unspecified atom stereocenters. The van der Waals surface area contributed by atoms with Gasteiger partial charge in [-0.2, -0.15) is 0 Å². The number of ether oxygens (including phenoxy) is 2. The van der Waals surface area contributed by atoms with Crippen LogP contribution >= 0.6 is 0 Å². The molecule has 3 aromatic rings. The molecule has 1 amide bonds. The normalized spacial score (nSPS) is 26.1. The van der Waals surface area contributed by atoms with E-state index in [-0.39, 0.29) is 35.8 Å². The van der Waals surface area contributed by atoms with Gasteiger partial charge in [-0.3, -0.25) is 9.69 Å². The summed E-state index contributed by atoms with van der Waals surface area (Å²) in [5.74, 6) is -3.65. The van der Waals surface area contributed by atoms with Crippen LogP contribution in [0.4, 0.5) is 5.69 Å². The predicted octanol–water partition coefficient (Wildman–Crippen LogP) is 1.21. The van der Waals surface area contributed by atoms with Gasteiger partial charge < -0.3 is 50.3 Å². The number of fused-ring (bicyclic) bond motifs is 1. The predicted molar refractivity (Wildman–Crippen MR) is 158 cm³/mol. The highest BCUT2D eigenvalue weighted by Gasteiger charge is 2.48. The minimum atomic E-state index is -1.79. The number of amides is 1. The molecule has 2 aliphatic heterocycles. The quantitative estimate of drug-likeness (QED) is 0.158. The molecule has 3 aromatic carbocycles. The van der Waals surface area contributed by atoms with E-state index in [0.29, 0.717) is 16.7 Å². The minimum Gasteiger partial charge on any atom is -0.508 e. The number of nitrogens with zero attached hydrogens (tertiary/aromatic N) is 1. The molecular formula is C32H33NO12. The molecule has 45 heavy (non-hydrogen) atoms. The molecule has 13 heteroatoms. The highest BCUT2D eigenvalue weighted by Crippen LogP contribution is 2.49. The Hall–Kier alpha value is -4.66. The summed E-state index contributed by atoms with van der Waals surface area (Å²) < 4.78 is 11.0. The zero-order valence-corrected chi connectivity index (χ0v) is 23.7. The van der Waals surface area contributed by atoms with E-state index in [4.69, 9.17) is 9.47 Å². The number of aliphatic hydroxyl groups is 4. The minimum absolute atomic E-state index is 0.0249. The Bertz CT molecular complexity index is 1570. The summed E-state index contributed by atoms with van der Waals surface area (Å²) in [6.07, 6.45) is -5.11. The van der Waals surface area contributed by atoms with Crippen molar-refractivity contribution in [3.63, 3.8) is 0 Å². The van der Waals surface area contributed by atoms with Gasteiger partial charge in [0.15, 0.2) is 11.5 Å². The lowest BCUT2D eigenvalue weighted by molar-refractivity contribution is -0.277. The molecule has 0 saturated carbocycles. The maximum Gasteiger partial charge on any atom is 0.327 e. The van der Waals surface area contributed by atoms with Crippen molar-refractivity contribution in [3.8, 4) is 23.0 Å². The highest BCUT2D eigenvalue weighted by molar-refractivity contribution is 6.09. The second-order valence-corrected chi connectivity index (χ2v) is 10.9. The van der Waals surface area contributed by atoms with Crippen LogP contribution in [0.2, 0.25) is 0 Å². The number of carboxylic acids is 1. The van der Waals surface area contributed by atoms with Crippen molar-refractivity contribution in [1.82, 2.24) is 0 Å². The van der Waals surface area contributed by atoms with Crippen LogP contribution in [0.3, 0.4) is 0 Å². The largest absolute Gasteiger partial charge is 0.508 e. The first-order valence-corrected chi connectivity index (χ1v) is 14.1. The lowest BCUT2D eigenvalue weighted by Crippen LogP contribution is -2.60. The molecule has 1 fully saturated rings. The van der Waals surface area contributed by atoms with Gasteiger partial charge in [-0.25, -0.2) is 4.79 Å². The third-order valence-corrected chi connectivity index (χ3v) is 8.04. The maximum absolute atomic E-state index is 13.7. The molecule has 2 aliphatic rings. The van der Waals surface area contributed by atoms with Crippen LogP contribution in [0, 0.1) is 0 Å². The zero-order valence-electron chi connectivity index (χ0n) is 23.7. The molecule has 5 rings (SSSR count). The summed E-state index contributed by atoms with van der Waals surface area (Å²) in [5.41, 5.74) is 1.51. The summed E-state index contributed by atoms with van der Waals surface area (Å²) in [5, 5.41) is 81.4. The summed E-state index contributed by atoms with van der Waals surface area (Å²) in [7, 11) is 0. The highest BCUT2D eigenvalue weighted by atomic mass is 16.7. The molecule has 0 aliphatic carbocycles. The van der Waals surface area contributed by atoms with E-state index in [9.17, 15) is 50.4 Å². The molecule has 0 spiro atoms. The molecule has 0 radical (unpaired) electrons. The number of carbonyl (C=O) groups excluding carboxylic acids is 1. The van der Waals surface area contributed by atoms with Gasteiger partial charge in [-0.1, -0.05) is 30.3 Å². The van der Waals surface area contributed by atoms with Gasteiger partial charge in [0.25, 0.3) is 5.91 Å².